The van der Waals surface area contributed by atoms with Crippen molar-refractivity contribution in [2.24, 2.45) is 5.92 Å². The van der Waals surface area contributed by atoms with Crippen molar-refractivity contribution in [2.45, 2.75) is 63.9 Å². The third-order valence-corrected chi connectivity index (χ3v) is 6.28. The summed E-state index contributed by atoms with van der Waals surface area (Å²) in [5.74, 6) is -2.27. The van der Waals surface area contributed by atoms with E-state index in [1.165, 1.54) is 19.3 Å². The number of hydrogen-bond donors (Lipinski definition) is 6. The molecule has 6 N–H and O–H groups in total. The van der Waals surface area contributed by atoms with E-state index in [9.17, 15) is 39.0 Å². The first-order valence-corrected chi connectivity index (χ1v) is 12.8. The zero-order valence-corrected chi connectivity index (χ0v) is 22.1. The van der Waals surface area contributed by atoms with Crippen molar-refractivity contribution in [3.63, 3.8) is 0 Å². The van der Waals surface area contributed by atoms with Crippen LogP contribution in [0.5, 0.6) is 0 Å². The van der Waals surface area contributed by atoms with E-state index in [2.05, 4.69) is 21.3 Å². The number of carbonyl (C=O) groups excluding carboxylic acids is 6. The number of carbonyl (C=O) groups is 6. The second-order valence-electron chi connectivity index (χ2n) is 9.28. The predicted octanol–water partition coefficient (Wildman–Crippen LogP) is -1.42. The molecule has 2 aliphatic rings. The van der Waals surface area contributed by atoms with Gasteiger partial charge in [-0.2, -0.15) is 0 Å². The van der Waals surface area contributed by atoms with Gasteiger partial charge >= 0.3 is 6.03 Å². The molecule has 2 aliphatic heterocycles. The van der Waals surface area contributed by atoms with E-state index in [1.807, 2.05) is 0 Å². The molecule has 2 rings (SSSR count). The zero-order valence-electron chi connectivity index (χ0n) is 22.1. The van der Waals surface area contributed by atoms with Crippen LogP contribution in [-0.4, -0.2) is 96.2 Å². The van der Waals surface area contributed by atoms with Gasteiger partial charge in [-0.05, 0) is 26.2 Å². The summed E-state index contributed by atoms with van der Waals surface area (Å²) in [4.78, 5) is 72.5. The summed E-state index contributed by atoms with van der Waals surface area (Å²) in [5, 5.41) is 29.3. The van der Waals surface area contributed by atoms with Crippen LogP contribution in [0, 0.1) is 5.92 Å². The Labute approximate surface area is 226 Å². The first-order valence-electron chi connectivity index (χ1n) is 12.8. The van der Waals surface area contributed by atoms with E-state index in [4.69, 9.17) is 4.74 Å². The smallest absolute Gasteiger partial charge is 0.323 e. The number of urea groups is 1. The number of aliphatic hydroxyl groups is 2. The Morgan fingerprint density at radius 3 is 2.41 bits per heavy atom. The standard InChI is InChI=1S/C25H37N5O9/c1-15-9-17(24(37)29-23(15)36)10-21(35)28-8-4-3-7-27-20(34)6-5-16(13-31)12-30(25(38)26-2)22-11-18(33)19(14-32)39-22/h9,12-13,17-19,22,32-33H,3-8,10-11,14H2,1-2H3,(H,26,38)(H,27,34)(H,28,35)(H,29,36,37)/b16-12-/t17?,18-,19+,22+/m0/s1. The summed E-state index contributed by atoms with van der Waals surface area (Å²) >= 11 is 0. The Bertz CT molecular complexity index is 996. The largest absolute Gasteiger partial charge is 0.394 e. The van der Waals surface area contributed by atoms with Gasteiger partial charge < -0.3 is 30.9 Å². The number of allylic oxidation sites excluding steroid dienone is 1. The number of hydrogen-bond acceptors (Lipinski definition) is 9. The fraction of sp³-hybridized carbons (Fsp3) is 0.600. The van der Waals surface area contributed by atoms with Gasteiger partial charge in [0.05, 0.1) is 18.6 Å². The van der Waals surface area contributed by atoms with Gasteiger partial charge in [-0.3, -0.25) is 34.2 Å². The lowest BCUT2D eigenvalue weighted by atomic mass is 9.97. The van der Waals surface area contributed by atoms with Gasteiger partial charge in [-0.15, -0.1) is 0 Å². The fourth-order valence-corrected chi connectivity index (χ4v) is 4.02. The summed E-state index contributed by atoms with van der Waals surface area (Å²) in [6.07, 6.45) is 1.80. The number of ether oxygens (including phenoxy) is 1. The Balaban J connectivity index is 1.69. The number of amides is 6. The van der Waals surface area contributed by atoms with Gasteiger partial charge in [-0.1, -0.05) is 6.08 Å². The molecule has 1 unspecified atom stereocenters. The van der Waals surface area contributed by atoms with E-state index in [0.29, 0.717) is 37.8 Å². The first-order chi connectivity index (χ1) is 18.6. The van der Waals surface area contributed by atoms with Crippen LogP contribution in [0.25, 0.3) is 0 Å². The number of imide groups is 1. The molecule has 0 aliphatic carbocycles. The molecule has 0 aromatic heterocycles. The summed E-state index contributed by atoms with van der Waals surface area (Å²) in [5.41, 5.74) is 0.560. The van der Waals surface area contributed by atoms with E-state index in [1.54, 1.807) is 6.92 Å². The number of rotatable bonds is 14. The van der Waals surface area contributed by atoms with Gasteiger partial charge in [0, 0.05) is 56.7 Å². The number of aliphatic hydroxyl groups excluding tert-OH is 2. The Morgan fingerprint density at radius 2 is 1.82 bits per heavy atom. The highest BCUT2D eigenvalue weighted by molar-refractivity contribution is 6.08. The van der Waals surface area contributed by atoms with Crippen molar-refractivity contribution in [2.75, 3.05) is 26.7 Å². The molecule has 14 heteroatoms. The van der Waals surface area contributed by atoms with E-state index in [-0.39, 0.29) is 43.1 Å². The van der Waals surface area contributed by atoms with Crippen molar-refractivity contribution in [1.82, 2.24) is 26.2 Å². The van der Waals surface area contributed by atoms with Crippen LogP contribution in [0.1, 0.15) is 45.4 Å². The molecule has 6 amide bonds. The van der Waals surface area contributed by atoms with Crippen LogP contribution in [-0.2, 0) is 28.7 Å². The SMILES string of the molecule is CNC(=O)N(/C=C(\C=O)CCC(=O)NCCCCNC(=O)CC1C=C(C)C(=O)NC1=O)[C@H]1C[C@H](O)[C@@H](CO)O1. The zero-order chi connectivity index (χ0) is 28.9. The van der Waals surface area contributed by atoms with E-state index in [0.717, 1.165) is 4.90 Å². The van der Waals surface area contributed by atoms with E-state index < -0.39 is 48.8 Å². The van der Waals surface area contributed by atoms with Crippen molar-refractivity contribution in [3.05, 3.63) is 23.4 Å². The summed E-state index contributed by atoms with van der Waals surface area (Å²) in [6.45, 7) is 1.86. The minimum atomic E-state index is -0.967. The second kappa shape index (κ2) is 15.7. The van der Waals surface area contributed by atoms with E-state index >= 15 is 0 Å². The van der Waals surface area contributed by atoms with Crippen molar-refractivity contribution < 1.29 is 43.7 Å². The van der Waals surface area contributed by atoms with Crippen LogP contribution in [0.2, 0.25) is 0 Å². The average molecular weight is 552 g/mol. The van der Waals surface area contributed by atoms with Gasteiger partial charge in [0.2, 0.25) is 17.7 Å². The van der Waals surface area contributed by atoms with Crippen molar-refractivity contribution in [3.8, 4) is 0 Å². The molecule has 14 nitrogen and oxygen atoms in total. The van der Waals surface area contributed by atoms with Gasteiger partial charge in [0.1, 0.15) is 18.6 Å². The monoisotopic (exact) mass is 551 g/mol. The van der Waals surface area contributed by atoms with Crippen LogP contribution in [0.4, 0.5) is 4.79 Å². The van der Waals surface area contributed by atoms with Crippen molar-refractivity contribution in [1.29, 1.82) is 0 Å². The minimum Gasteiger partial charge on any atom is -0.394 e. The average Bonchev–Trinajstić information content (AvgIpc) is 3.28. The van der Waals surface area contributed by atoms with Gasteiger partial charge in [-0.25, -0.2) is 4.79 Å². The molecule has 0 bridgehead atoms. The number of unbranched alkanes of at least 4 members (excludes halogenated alkanes) is 1. The quantitative estimate of drug-likeness (QED) is 0.0648. The number of nitrogens with zero attached hydrogens (tertiary/aromatic N) is 1. The Kier molecular flexibility index (Phi) is 12.7. The summed E-state index contributed by atoms with van der Waals surface area (Å²) < 4.78 is 5.50. The maximum atomic E-state index is 12.3. The van der Waals surface area contributed by atoms with Gasteiger partial charge in [0.15, 0.2) is 0 Å². The maximum Gasteiger partial charge on any atom is 0.323 e. The molecule has 0 radical (unpaired) electrons. The third kappa shape index (κ3) is 9.89. The molecule has 0 spiro atoms. The Morgan fingerprint density at radius 1 is 1.15 bits per heavy atom. The first kappa shape index (κ1) is 31.6. The molecule has 1 saturated heterocycles. The number of nitrogens with one attached hydrogen (secondary N) is 4. The van der Waals surface area contributed by atoms with Crippen LogP contribution < -0.4 is 21.3 Å². The molecule has 0 saturated carbocycles. The molecule has 1 fully saturated rings. The highest BCUT2D eigenvalue weighted by Gasteiger charge is 2.38. The van der Waals surface area contributed by atoms with Crippen LogP contribution in [0.3, 0.4) is 0 Å². The molecule has 0 aromatic carbocycles. The molecular formula is C25H37N5O9. The normalized spacial score (nSPS) is 23.0. The van der Waals surface area contributed by atoms with Crippen LogP contribution >= 0.6 is 0 Å². The third-order valence-electron chi connectivity index (χ3n) is 6.28. The van der Waals surface area contributed by atoms with Crippen molar-refractivity contribution >= 4 is 35.9 Å². The fourth-order valence-electron chi connectivity index (χ4n) is 4.02. The summed E-state index contributed by atoms with van der Waals surface area (Å²) in [7, 11) is 1.40. The molecule has 39 heavy (non-hydrogen) atoms. The van der Waals surface area contributed by atoms with Crippen LogP contribution in [0.15, 0.2) is 23.4 Å². The topological polar surface area (TPSA) is 203 Å². The molecule has 216 valence electrons. The number of aldehydes is 1. The molecular weight excluding hydrogens is 514 g/mol. The minimum absolute atomic E-state index is 0.00476. The predicted molar refractivity (Wildman–Crippen MR) is 136 cm³/mol. The second-order valence-corrected chi connectivity index (χ2v) is 9.28. The molecule has 4 atom stereocenters. The van der Waals surface area contributed by atoms with Gasteiger partial charge in [0.25, 0.3) is 5.91 Å². The highest BCUT2D eigenvalue weighted by Crippen LogP contribution is 2.24. The Hall–Kier alpha value is -3.62. The maximum absolute atomic E-state index is 12.3. The summed E-state index contributed by atoms with van der Waals surface area (Å²) in [6, 6.07) is -0.578. The highest BCUT2D eigenvalue weighted by atomic mass is 16.5. The molecule has 0 aromatic rings. The lowest BCUT2D eigenvalue weighted by molar-refractivity contribution is -0.134. The lowest BCUT2D eigenvalue weighted by Crippen LogP contribution is -2.42. The lowest BCUT2D eigenvalue weighted by Gasteiger charge is -2.25. The molecule has 2 heterocycles.